The first-order valence-corrected chi connectivity index (χ1v) is 8.10. The number of rotatable bonds is 5. The van der Waals surface area contributed by atoms with Gasteiger partial charge < -0.3 is 14.8 Å². The average molecular weight is 335 g/mol. The number of carbonyl (C=O) groups is 1. The van der Waals surface area contributed by atoms with Gasteiger partial charge in [0.1, 0.15) is 17.0 Å². The van der Waals surface area contributed by atoms with Crippen LogP contribution in [0, 0.1) is 0 Å². The molecule has 6 nitrogen and oxygen atoms in total. The molecule has 1 fully saturated rings. The zero-order chi connectivity index (χ0) is 17.2. The fourth-order valence-corrected chi connectivity index (χ4v) is 2.53. The summed E-state index contributed by atoms with van der Waals surface area (Å²) in [7, 11) is 1.62. The van der Waals surface area contributed by atoms with Crippen molar-refractivity contribution in [2.24, 2.45) is 0 Å². The highest BCUT2D eigenvalue weighted by atomic mass is 16.5. The minimum Gasteiger partial charge on any atom is -0.494 e. The Labute approximate surface area is 144 Å². The lowest BCUT2D eigenvalue weighted by Gasteiger charge is -2.08. The molecule has 126 valence electrons. The second-order valence-electron chi connectivity index (χ2n) is 5.94. The summed E-state index contributed by atoms with van der Waals surface area (Å²) in [5.41, 5.74) is 1.30. The van der Waals surface area contributed by atoms with Crippen LogP contribution in [-0.2, 0) is 0 Å². The van der Waals surface area contributed by atoms with Crippen LogP contribution in [0.4, 0.5) is 0 Å². The lowest BCUT2D eigenvalue weighted by Crippen LogP contribution is -2.25. The molecule has 1 aliphatic rings. The smallest absolute Gasteiger partial charge is 0.253 e. The maximum absolute atomic E-state index is 12.0. The highest BCUT2D eigenvalue weighted by molar-refractivity contribution is 5.94. The zero-order valence-electron chi connectivity index (χ0n) is 13.7. The summed E-state index contributed by atoms with van der Waals surface area (Å²) in [6, 6.07) is 11.3. The summed E-state index contributed by atoms with van der Waals surface area (Å²) in [4.78, 5) is 20.6. The van der Waals surface area contributed by atoms with Crippen molar-refractivity contribution >= 4 is 16.8 Å². The number of nitrogens with one attached hydrogen (secondary N) is 1. The van der Waals surface area contributed by atoms with Crippen molar-refractivity contribution in [3.05, 3.63) is 54.4 Å². The Morgan fingerprint density at radius 3 is 2.76 bits per heavy atom. The van der Waals surface area contributed by atoms with Crippen LogP contribution in [0.2, 0.25) is 0 Å². The van der Waals surface area contributed by atoms with E-state index in [2.05, 4.69) is 15.3 Å². The quantitative estimate of drug-likeness (QED) is 0.774. The SMILES string of the molecule is COc1cccc2cc(Oc3ccc(C(=O)NC4CC4)cn3)cnc12. The van der Waals surface area contributed by atoms with Crippen LogP contribution in [0.3, 0.4) is 0 Å². The Hall–Kier alpha value is -3.15. The lowest BCUT2D eigenvalue weighted by molar-refractivity contribution is 0.0950. The van der Waals surface area contributed by atoms with Crippen molar-refractivity contribution in [3.63, 3.8) is 0 Å². The number of ether oxygens (including phenoxy) is 2. The monoisotopic (exact) mass is 335 g/mol. The molecule has 1 aliphatic carbocycles. The molecule has 3 aromatic rings. The third-order valence-electron chi connectivity index (χ3n) is 4.00. The van der Waals surface area contributed by atoms with Crippen LogP contribution < -0.4 is 14.8 Å². The average Bonchev–Trinajstić information content (AvgIpc) is 3.45. The Morgan fingerprint density at radius 1 is 1.16 bits per heavy atom. The van der Waals surface area contributed by atoms with Crippen molar-refractivity contribution in [2.45, 2.75) is 18.9 Å². The molecule has 25 heavy (non-hydrogen) atoms. The number of amides is 1. The molecule has 0 bridgehead atoms. The van der Waals surface area contributed by atoms with Crippen molar-refractivity contribution in [2.75, 3.05) is 7.11 Å². The molecule has 1 N–H and O–H groups in total. The van der Waals surface area contributed by atoms with E-state index in [4.69, 9.17) is 9.47 Å². The molecule has 2 aromatic heterocycles. The molecule has 0 atom stereocenters. The van der Waals surface area contributed by atoms with Crippen LogP contribution in [0.5, 0.6) is 17.4 Å². The maximum atomic E-state index is 12.0. The van der Waals surface area contributed by atoms with Gasteiger partial charge in [0.15, 0.2) is 0 Å². The number of aromatic nitrogens is 2. The first-order chi connectivity index (χ1) is 12.2. The molecule has 0 aliphatic heterocycles. The van der Waals surface area contributed by atoms with Gasteiger partial charge in [-0.2, -0.15) is 0 Å². The van der Waals surface area contributed by atoms with Crippen molar-refractivity contribution in [1.82, 2.24) is 15.3 Å². The highest BCUT2D eigenvalue weighted by Gasteiger charge is 2.23. The van der Waals surface area contributed by atoms with E-state index in [1.807, 2.05) is 24.3 Å². The predicted octanol–water partition coefficient (Wildman–Crippen LogP) is 3.32. The molecule has 0 saturated heterocycles. The highest BCUT2D eigenvalue weighted by Crippen LogP contribution is 2.28. The molecular formula is C19H17N3O3. The maximum Gasteiger partial charge on any atom is 0.253 e. The van der Waals surface area contributed by atoms with Crippen molar-refractivity contribution in [3.8, 4) is 17.4 Å². The molecule has 1 saturated carbocycles. The van der Waals surface area contributed by atoms with Gasteiger partial charge in [-0.1, -0.05) is 12.1 Å². The molecule has 6 heteroatoms. The number of methoxy groups -OCH3 is 1. The van der Waals surface area contributed by atoms with Crippen molar-refractivity contribution in [1.29, 1.82) is 0 Å². The van der Waals surface area contributed by atoms with Crippen LogP contribution in [0.1, 0.15) is 23.2 Å². The van der Waals surface area contributed by atoms with E-state index >= 15 is 0 Å². The second-order valence-corrected chi connectivity index (χ2v) is 5.94. The van der Waals surface area contributed by atoms with Gasteiger partial charge in [0, 0.05) is 23.7 Å². The molecule has 1 aromatic carbocycles. The van der Waals surface area contributed by atoms with E-state index in [9.17, 15) is 4.79 Å². The predicted molar refractivity (Wildman–Crippen MR) is 93.1 cm³/mol. The Balaban J connectivity index is 1.51. The van der Waals surface area contributed by atoms with Gasteiger partial charge in [0.2, 0.25) is 5.88 Å². The van der Waals surface area contributed by atoms with E-state index in [-0.39, 0.29) is 5.91 Å². The fraction of sp³-hybridized carbons (Fsp3) is 0.211. The normalized spacial score (nSPS) is 13.5. The summed E-state index contributed by atoms with van der Waals surface area (Å²) in [6.45, 7) is 0. The number of benzene rings is 1. The van der Waals surface area contributed by atoms with Gasteiger partial charge in [-0.15, -0.1) is 0 Å². The van der Waals surface area contributed by atoms with Gasteiger partial charge >= 0.3 is 0 Å². The molecule has 2 heterocycles. The van der Waals surface area contributed by atoms with E-state index in [0.29, 0.717) is 29.0 Å². The topological polar surface area (TPSA) is 73.3 Å². The Bertz CT molecular complexity index is 921. The number of hydrogen-bond donors (Lipinski definition) is 1. The fourth-order valence-electron chi connectivity index (χ4n) is 2.53. The minimum atomic E-state index is -0.0963. The van der Waals surface area contributed by atoms with Gasteiger partial charge in [0.25, 0.3) is 5.91 Å². The van der Waals surface area contributed by atoms with Crippen LogP contribution >= 0.6 is 0 Å². The summed E-state index contributed by atoms with van der Waals surface area (Å²) < 4.78 is 11.0. The van der Waals surface area contributed by atoms with Crippen LogP contribution in [0.25, 0.3) is 10.9 Å². The summed E-state index contributed by atoms with van der Waals surface area (Å²) in [5, 5.41) is 3.84. The molecule has 4 rings (SSSR count). The van der Waals surface area contributed by atoms with Gasteiger partial charge in [0.05, 0.1) is 18.9 Å². The summed E-state index contributed by atoms with van der Waals surface area (Å²) in [6.07, 6.45) is 5.25. The number of nitrogens with zero attached hydrogens (tertiary/aromatic N) is 2. The lowest BCUT2D eigenvalue weighted by atomic mass is 10.2. The number of hydrogen-bond acceptors (Lipinski definition) is 5. The first-order valence-electron chi connectivity index (χ1n) is 8.10. The largest absolute Gasteiger partial charge is 0.494 e. The number of carbonyl (C=O) groups excluding carboxylic acids is 1. The van der Waals surface area contributed by atoms with E-state index in [1.54, 1.807) is 25.4 Å². The standard InChI is InChI=1S/C19H17N3O3/c1-24-16-4-2-3-12-9-15(11-21-18(12)16)25-17-8-5-13(10-20-17)19(23)22-14-6-7-14/h2-5,8-11,14H,6-7H2,1H3,(H,22,23). The van der Waals surface area contributed by atoms with E-state index in [0.717, 1.165) is 23.7 Å². The molecule has 0 radical (unpaired) electrons. The second kappa shape index (κ2) is 6.39. The Kier molecular flexibility index (Phi) is 3.93. The van der Waals surface area contributed by atoms with Crippen molar-refractivity contribution < 1.29 is 14.3 Å². The number of pyridine rings is 2. The molecular weight excluding hydrogens is 318 g/mol. The molecule has 0 spiro atoms. The number of fused-ring (bicyclic) bond motifs is 1. The van der Waals surface area contributed by atoms with Gasteiger partial charge in [-0.05, 0) is 31.0 Å². The Morgan fingerprint density at radius 2 is 2.04 bits per heavy atom. The van der Waals surface area contributed by atoms with Crippen LogP contribution in [0.15, 0.2) is 48.8 Å². The molecule has 1 amide bonds. The third-order valence-corrected chi connectivity index (χ3v) is 4.00. The minimum absolute atomic E-state index is 0.0963. The third kappa shape index (κ3) is 3.38. The number of para-hydroxylation sites is 1. The first kappa shape index (κ1) is 15.4. The van der Waals surface area contributed by atoms with E-state index < -0.39 is 0 Å². The van der Waals surface area contributed by atoms with E-state index in [1.165, 1.54) is 6.20 Å². The molecule has 0 unspecified atom stereocenters. The summed E-state index contributed by atoms with van der Waals surface area (Å²) in [5.74, 6) is 1.60. The van der Waals surface area contributed by atoms with Gasteiger partial charge in [-0.25, -0.2) is 9.97 Å². The summed E-state index contributed by atoms with van der Waals surface area (Å²) >= 11 is 0. The van der Waals surface area contributed by atoms with Gasteiger partial charge in [-0.3, -0.25) is 4.79 Å². The zero-order valence-corrected chi connectivity index (χ0v) is 13.7. The van der Waals surface area contributed by atoms with Crippen LogP contribution in [-0.4, -0.2) is 29.0 Å².